The van der Waals surface area contributed by atoms with Gasteiger partial charge in [-0.3, -0.25) is 9.59 Å². The van der Waals surface area contributed by atoms with E-state index in [-0.39, 0.29) is 16.9 Å². The molecule has 166 valence electrons. The Labute approximate surface area is 186 Å². The molecule has 1 aliphatic rings. The van der Waals surface area contributed by atoms with Crippen LogP contribution in [0.25, 0.3) is 16.7 Å². The van der Waals surface area contributed by atoms with Crippen LogP contribution in [0.4, 0.5) is 0 Å². The van der Waals surface area contributed by atoms with Crippen molar-refractivity contribution in [2.45, 2.75) is 19.4 Å². The van der Waals surface area contributed by atoms with Crippen molar-refractivity contribution in [3.05, 3.63) is 65.4 Å². The van der Waals surface area contributed by atoms with E-state index in [0.29, 0.717) is 24.5 Å². The predicted octanol–water partition coefficient (Wildman–Crippen LogP) is 4.03. The number of hydrogen-bond acceptors (Lipinski definition) is 5. The van der Waals surface area contributed by atoms with E-state index in [2.05, 4.69) is 0 Å². The number of ketones is 1. The molecule has 7 nitrogen and oxygen atoms in total. The van der Waals surface area contributed by atoms with Crippen LogP contribution < -0.4 is 9.47 Å². The first kappa shape index (κ1) is 21.5. The van der Waals surface area contributed by atoms with Crippen LogP contribution in [0.15, 0.2) is 54.2 Å². The van der Waals surface area contributed by atoms with Crippen LogP contribution in [0.1, 0.15) is 30.5 Å². The molecule has 0 radical (unpaired) electrons. The number of ether oxygens (including phenoxy) is 2. The highest BCUT2D eigenvalue weighted by Crippen LogP contribution is 2.45. The summed E-state index contributed by atoms with van der Waals surface area (Å²) in [6.45, 7) is 2.33. The van der Waals surface area contributed by atoms with Gasteiger partial charge in [-0.25, -0.2) is 0 Å². The van der Waals surface area contributed by atoms with Gasteiger partial charge in [0.1, 0.15) is 22.8 Å². The van der Waals surface area contributed by atoms with Crippen molar-refractivity contribution < 1.29 is 24.2 Å². The van der Waals surface area contributed by atoms with Crippen LogP contribution in [-0.4, -0.2) is 47.0 Å². The van der Waals surface area contributed by atoms with Crippen LogP contribution in [-0.2, 0) is 16.6 Å². The number of aryl methyl sites for hydroxylation is 1. The summed E-state index contributed by atoms with van der Waals surface area (Å²) in [5.41, 5.74) is 2.03. The number of aliphatic hydroxyl groups is 1. The van der Waals surface area contributed by atoms with E-state index in [1.54, 1.807) is 18.2 Å². The minimum absolute atomic E-state index is 0.0302. The van der Waals surface area contributed by atoms with Crippen LogP contribution in [0.2, 0.25) is 0 Å². The van der Waals surface area contributed by atoms with Crippen molar-refractivity contribution >= 4 is 28.4 Å². The Balaban J connectivity index is 2.04. The zero-order valence-corrected chi connectivity index (χ0v) is 18.6. The van der Waals surface area contributed by atoms with E-state index >= 15 is 0 Å². The van der Waals surface area contributed by atoms with Crippen molar-refractivity contribution in [3.8, 4) is 11.5 Å². The number of fused-ring (bicyclic) bond motifs is 1. The number of benzene rings is 2. The lowest BCUT2D eigenvalue weighted by Crippen LogP contribution is -2.30. The minimum atomic E-state index is -0.726. The predicted molar refractivity (Wildman–Crippen MR) is 122 cm³/mol. The van der Waals surface area contributed by atoms with Gasteiger partial charge in [0.15, 0.2) is 0 Å². The number of methoxy groups -OCH3 is 2. The Morgan fingerprint density at radius 2 is 1.69 bits per heavy atom. The topological polar surface area (TPSA) is 81.0 Å². The molecule has 2 heterocycles. The van der Waals surface area contributed by atoms with Crippen molar-refractivity contribution in [2.75, 3.05) is 20.8 Å². The fourth-order valence-electron chi connectivity index (χ4n) is 4.49. The molecule has 7 heteroatoms. The number of carbonyl (C=O) groups excluding carboxylic acids is 2. The standard InChI is InChI=1S/C25H26N2O5/c1-5-13-27-22(16-14-26(2)17-10-7-6-9-15(16)17)21(24(29)25(27)30)23(28)20-18(31-3)11-8-12-19(20)32-4/h6-12,14,22,28H,5,13H2,1-4H3/b23-21+. The van der Waals surface area contributed by atoms with Crippen molar-refractivity contribution in [3.63, 3.8) is 0 Å². The highest BCUT2D eigenvalue weighted by molar-refractivity contribution is 6.46. The maximum Gasteiger partial charge on any atom is 0.295 e. The summed E-state index contributed by atoms with van der Waals surface area (Å²) in [4.78, 5) is 27.8. The zero-order chi connectivity index (χ0) is 23.0. The lowest BCUT2D eigenvalue weighted by atomic mass is 9.94. The molecule has 1 unspecified atom stereocenters. The summed E-state index contributed by atoms with van der Waals surface area (Å²) in [5.74, 6) is -0.961. The maximum atomic E-state index is 13.2. The number of carbonyl (C=O) groups is 2. The largest absolute Gasteiger partial charge is 0.506 e. The van der Waals surface area contributed by atoms with E-state index in [0.717, 1.165) is 16.5 Å². The molecule has 0 aliphatic carbocycles. The molecule has 2 aromatic carbocycles. The molecule has 1 N–H and O–H groups in total. The monoisotopic (exact) mass is 434 g/mol. The van der Waals surface area contributed by atoms with E-state index in [9.17, 15) is 14.7 Å². The fourth-order valence-corrected chi connectivity index (χ4v) is 4.49. The molecule has 1 saturated heterocycles. The third-order valence-corrected chi connectivity index (χ3v) is 5.89. The van der Waals surface area contributed by atoms with Gasteiger partial charge in [0.25, 0.3) is 11.7 Å². The van der Waals surface area contributed by atoms with Gasteiger partial charge in [0.05, 0.1) is 25.8 Å². The molecule has 1 amide bonds. The number of rotatable bonds is 6. The summed E-state index contributed by atoms with van der Waals surface area (Å²) in [6.07, 6.45) is 2.59. The number of aliphatic hydroxyl groups excluding tert-OH is 1. The molecule has 1 atom stereocenters. The molecule has 3 aromatic rings. The number of para-hydroxylation sites is 1. The second-order valence-electron chi connectivity index (χ2n) is 7.74. The number of aromatic nitrogens is 1. The van der Waals surface area contributed by atoms with Crippen molar-refractivity contribution in [1.29, 1.82) is 0 Å². The van der Waals surface area contributed by atoms with Crippen molar-refractivity contribution in [1.82, 2.24) is 9.47 Å². The Kier molecular flexibility index (Phi) is 5.65. The molecule has 1 aliphatic heterocycles. The third kappa shape index (κ3) is 3.21. The average molecular weight is 434 g/mol. The number of nitrogens with zero attached hydrogens (tertiary/aromatic N) is 2. The number of Topliss-reactive ketones (excluding diaryl/α,β-unsaturated/α-hetero) is 1. The fraction of sp³-hybridized carbons (Fsp3) is 0.280. The van der Waals surface area contributed by atoms with Gasteiger partial charge in [0.2, 0.25) is 0 Å². The van der Waals surface area contributed by atoms with E-state index in [1.165, 1.54) is 19.1 Å². The Morgan fingerprint density at radius 3 is 2.31 bits per heavy atom. The number of hydrogen-bond donors (Lipinski definition) is 1. The van der Waals surface area contributed by atoms with Gasteiger partial charge in [-0.1, -0.05) is 31.2 Å². The lowest BCUT2D eigenvalue weighted by molar-refractivity contribution is -0.139. The van der Waals surface area contributed by atoms with Gasteiger partial charge in [-0.2, -0.15) is 0 Å². The third-order valence-electron chi connectivity index (χ3n) is 5.89. The average Bonchev–Trinajstić information content (AvgIpc) is 3.27. The Bertz CT molecular complexity index is 1220. The molecular weight excluding hydrogens is 408 g/mol. The summed E-state index contributed by atoms with van der Waals surface area (Å²) in [7, 11) is 4.87. The van der Waals surface area contributed by atoms with E-state index in [1.807, 2.05) is 49.0 Å². The highest BCUT2D eigenvalue weighted by atomic mass is 16.5. The second kappa shape index (κ2) is 8.42. The van der Waals surface area contributed by atoms with Gasteiger partial charge < -0.3 is 24.0 Å². The number of amides is 1. The summed E-state index contributed by atoms with van der Waals surface area (Å²) >= 11 is 0. The quantitative estimate of drug-likeness (QED) is 0.360. The molecule has 1 fully saturated rings. The van der Waals surface area contributed by atoms with Crippen LogP contribution in [0.5, 0.6) is 11.5 Å². The molecule has 0 spiro atoms. The van der Waals surface area contributed by atoms with Gasteiger partial charge in [0, 0.05) is 36.3 Å². The molecule has 0 saturated carbocycles. The first-order valence-electron chi connectivity index (χ1n) is 10.5. The summed E-state index contributed by atoms with van der Waals surface area (Å²) in [6, 6.07) is 12.1. The summed E-state index contributed by atoms with van der Waals surface area (Å²) in [5, 5.41) is 12.4. The van der Waals surface area contributed by atoms with Gasteiger partial charge in [-0.15, -0.1) is 0 Å². The first-order valence-corrected chi connectivity index (χ1v) is 10.5. The molecule has 32 heavy (non-hydrogen) atoms. The number of likely N-dealkylation sites (tertiary alicyclic amines) is 1. The second-order valence-corrected chi connectivity index (χ2v) is 7.74. The molecular formula is C25H26N2O5. The van der Waals surface area contributed by atoms with Crippen LogP contribution in [0, 0.1) is 0 Å². The minimum Gasteiger partial charge on any atom is -0.506 e. The lowest BCUT2D eigenvalue weighted by Gasteiger charge is -2.24. The Morgan fingerprint density at radius 1 is 1.03 bits per heavy atom. The normalized spacial score (nSPS) is 17.9. The van der Waals surface area contributed by atoms with Gasteiger partial charge >= 0.3 is 0 Å². The van der Waals surface area contributed by atoms with Gasteiger partial charge in [-0.05, 0) is 24.6 Å². The van der Waals surface area contributed by atoms with E-state index in [4.69, 9.17) is 9.47 Å². The first-order chi connectivity index (χ1) is 15.4. The van der Waals surface area contributed by atoms with Crippen LogP contribution >= 0.6 is 0 Å². The van der Waals surface area contributed by atoms with Crippen LogP contribution in [0.3, 0.4) is 0 Å². The van der Waals surface area contributed by atoms with E-state index < -0.39 is 17.7 Å². The molecule has 4 rings (SSSR count). The summed E-state index contributed by atoms with van der Waals surface area (Å²) < 4.78 is 12.8. The Hall–Kier alpha value is -3.74. The highest BCUT2D eigenvalue weighted by Gasteiger charge is 2.47. The maximum absolute atomic E-state index is 13.2. The SMILES string of the molecule is CCCN1C(=O)C(=O)/C(=C(/O)c2c(OC)cccc2OC)C1c1cn(C)c2ccccc12. The molecule has 1 aromatic heterocycles. The zero-order valence-electron chi connectivity index (χ0n) is 18.6. The van der Waals surface area contributed by atoms with Crippen molar-refractivity contribution in [2.24, 2.45) is 7.05 Å². The molecule has 0 bridgehead atoms. The smallest absolute Gasteiger partial charge is 0.295 e.